The lowest BCUT2D eigenvalue weighted by Gasteiger charge is -2.08. The van der Waals surface area contributed by atoms with E-state index in [1.54, 1.807) is 18.2 Å². The molecule has 0 aliphatic carbocycles. The molecule has 2 aromatic rings. The number of carbonyl (C=O) groups is 1. The molecule has 6 nitrogen and oxygen atoms in total. The van der Waals surface area contributed by atoms with Crippen molar-refractivity contribution in [1.29, 1.82) is 0 Å². The summed E-state index contributed by atoms with van der Waals surface area (Å²) >= 11 is 23.4. The van der Waals surface area contributed by atoms with Crippen LogP contribution in [0.15, 0.2) is 22.7 Å². The fourth-order valence-electron chi connectivity index (χ4n) is 1.80. The monoisotopic (exact) mass is 379 g/mol. The molecule has 0 spiro atoms. The summed E-state index contributed by atoms with van der Waals surface area (Å²) in [6.07, 6.45) is 0. The van der Waals surface area contributed by atoms with Gasteiger partial charge in [-0.2, -0.15) is 0 Å². The van der Waals surface area contributed by atoms with Crippen LogP contribution in [0.4, 0.5) is 5.82 Å². The van der Waals surface area contributed by atoms with Gasteiger partial charge in [0.2, 0.25) is 0 Å². The lowest BCUT2D eigenvalue weighted by Crippen LogP contribution is -2.19. The predicted octanol–water partition coefficient (Wildman–Crippen LogP) is 3.00. The molecule has 0 fully saturated rings. The smallest absolute Gasteiger partial charge is 0.270 e. The summed E-state index contributed by atoms with van der Waals surface area (Å²) in [4.78, 5) is 11.4. The normalized spacial score (nSPS) is 10.5. The fraction of sp³-hybridized carbons (Fsp3) is 0.0833. The molecule has 1 amide bonds. The molecule has 1 heterocycles. The Balaban J connectivity index is 2.42. The molecule has 4 N–H and O–H groups in total. The van der Waals surface area contributed by atoms with E-state index in [1.807, 2.05) is 0 Å². The van der Waals surface area contributed by atoms with Crippen LogP contribution in [0.5, 0.6) is 0 Å². The Labute approximate surface area is 145 Å². The van der Waals surface area contributed by atoms with Crippen LogP contribution >= 0.6 is 46.4 Å². The lowest BCUT2D eigenvalue weighted by atomic mass is 10.1. The van der Waals surface area contributed by atoms with Crippen molar-refractivity contribution < 1.29 is 4.79 Å². The second-order valence-corrected chi connectivity index (χ2v) is 5.97. The molecule has 2 rings (SSSR count). The van der Waals surface area contributed by atoms with Gasteiger partial charge >= 0.3 is 0 Å². The minimum absolute atomic E-state index is 0.0218. The molecule has 0 saturated heterocycles. The third kappa shape index (κ3) is 3.47. The van der Waals surface area contributed by atoms with Gasteiger partial charge in [0.15, 0.2) is 11.5 Å². The van der Waals surface area contributed by atoms with E-state index in [1.165, 1.54) is 4.68 Å². The number of carbonyl (C=O) groups excluding carboxylic acids is 1. The zero-order valence-electron chi connectivity index (χ0n) is 10.9. The molecule has 0 radical (unpaired) electrons. The van der Waals surface area contributed by atoms with E-state index in [2.05, 4.69) is 10.3 Å². The molecule has 0 unspecified atom stereocenters. The van der Waals surface area contributed by atoms with Crippen molar-refractivity contribution in [2.45, 2.75) is 6.54 Å². The van der Waals surface area contributed by atoms with Crippen molar-refractivity contribution in [3.05, 3.63) is 44.5 Å². The number of nitrogens with two attached hydrogens (primary N) is 2. The van der Waals surface area contributed by atoms with Gasteiger partial charge in [0, 0.05) is 10.6 Å². The molecule has 22 heavy (non-hydrogen) atoms. The highest BCUT2D eigenvalue weighted by atomic mass is 35.5. The van der Waals surface area contributed by atoms with Crippen LogP contribution in [-0.2, 0) is 6.54 Å². The van der Waals surface area contributed by atoms with Crippen LogP contribution < -0.4 is 11.5 Å². The maximum Gasteiger partial charge on any atom is 0.270 e. The largest absolute Gasteiger partial charge is 0.380 e. The lowest BCUT2D eigenvalue weighted by molar-refractivity contribution is 0.0991. The Kier molecular flexibility index (Phi) is 5.18. The minimum Gasteiger partial charge on any atom is -0.380 e. The molecule has 10 heteroatoms. The maximum absolute atomic E-state index is 11.4. The first-order valence-electron chi connectivity index (χ1n) is 5.79. The average Bonchev–Trinajstić information content (AvgIpc) is 2.81. The maximum atomic E-state index is 11.4. The summed E-state index contributed by atoms with van der Waals surface area (Å²) in [6.45, 7) is 0.191. The predicted molar refractivity (Wildman–Crippen MR) is 88.0 cm³/mol. The number of primary amides is 1. The zero-order chi connectivity index (χ0) is 16.4. The summed E-state index contributed by atoms with van der Waals surface area (Å²) in [5.41, 5.74) is 12.0. The molecule has 116 valence electrons. The Bertz CT molecular complexity index is 767. The summed E-state index contributed by atoms with van der Waals surface area (Å²) in [5.74, 6) is -0.762. The fourth-order valence-corrected chi connectivity index (χ4v) is 2.42. The van der Waals surface area contributed by atoms with E-state index in [4.69, 9.17) is 57.9 Å². The highest BCUT2D eigenvalue weighted by Gasteiger charge is 2.16. The summed E-state index contributed by atoms with van der Waals surface area (Å²) < 4.78 is 1.17. The highest BCUT2D eigenvalue weighted by molar-refractivity contribution is 6.67. The van der Waals surface area contributed by atoms with E-state index in [-0.39, 0.29) is 27.6 Å². The SMILES string of the molecule is NC(=O)c1c(N)nnn1Cc1ccc(Cl)c(C(Cl)=C(Cl)Cl)c1. The van der Waals surface area contributed by atoms with Gasteiger partial charge in [-0.1, -0.05) is 57.7 Å². The van der Waals surface area contributed by atoms with E-state index in [0.29, 0.717) is 10.6 Å². The van der Waals surface area contributed by atoms with Gasteiger partial charge in [-0.3, -0.25) is 4.79 Å². The van der Waals surface area contributed by atoms with Gasteiger partial charge < -0.3 is 11.5 Å². The second kappa shape index (κ2) is 6.75. The van der Waals surface area contributed by atoms with Crippen LogP contribution in [0.25, 0.3) is 5.03 Å². The van der Waals surface area contributed by atoms with Gasteiger partial charge in [0.1, 0.15) is 4.49 Å². The van der Waals surface area contributed by atoms with Crippen molar-refractivity contribution in [2.75, 3.05) is 5.73 Å². The molecular formula is C12H9Cl4N5O. The molecule has 0 bridgehead atoms. The summed E-state index contributed by atoms with van der Waals surface area (Å²) in [7, 11) is 0. The molecule has 1 aromatic heterocycles. The molecule has 0 aliphatic heterocycles. The average molecular weight is 381 g/mol. The van der Waals surface area contributed by atoms with Crippen LogP contribution in [0.2, 0.25) is 5.02 Å². The van der Waals surface area contributed by atoms with Gasteiger partial charge in [-0.25, -0.2) is 4.68 Å². The zero-order valence-corrected chi connectivity index (χ0v) is 13.9. The van der Waals surface area contributed by atoms with Gasteiger partial charge in [0.05, 0.1) is 11.6 Å². The number of hydrogen-bond donors (Lipinski definition) is 2. The van der Waals surface area contributed by atoms with Crippen molar-refractivity contribution in [3.63, 3.8) is 0 Å². The number of anilines is 1. The first-order valence-corrected chi connectivity index (χ1v) is 7.30. The Morgan fingerprint density at radius 1 is 1.27 bits per heavy atom. The number of halogens is 4. The van der Waals surface area contributed by atoms with E-state index >= 15 is 0 Å². The standard InChI is InChI=1S/C12H9Cl4N5O/c13-7-2-1-5(3-6(7)8(14)10(15)16)4-21-9(12(18)22)11(17)19-20-21/h1-3H,4,17H2,(H2,18,22). The highest BCUT2D eigenvalue weighted by Crippen LogP contribution is 2.33. The third-order valence-electron chi connectivity index (χ3n) is 2.76. The molecule has 0 aliphatic rings. The van der Waals surface area contributed by atoms with Crippen LogP contribution in [-0.4, -0.2) is 20.9 Å². The minimum atomic E-state index is -0.724. The van der Waals surface area contributed by atoms with Crippen LogP contribution in [0.3, 0.4) is 0 Å². The van der Waals surface area contributed by atoms with Crippen molar-refractivity contribution >= 4 is 63.2 Å². The van der Waals surface area contributed by atoms with Crippen molar-refractivity contribution in [3.8, 4) is 0 Å². The van der Waals surface area contributed by atoms with Crippen molar-refractivity contribution in [1.82, 2.24) is 15.0 Å². The molecule has 0 atom stereocenters. The Morgan fingerprint density at radius 3 is 2.55 bits per heavy atom. The summed E-state index contributed by atoms with van der Waals surface area (Å²) in [6, 6.07) is 5.01. The first-order chi connectivity index (χ1) is 10.3. The molecular weight excluding hydrogens is 372 g/mol. The first kappa shape index (κ1) is 16.9. The van der Waals surface area contributed by atoms with Gasteiger partial charge in [-0.05, 0) is 17.7 Å². The Morgan fingerprint density at radius 2 is 1.95 bits per heavy atom. The number of hydrogen-bond acceptors (Lipinski definition) is 4. The number of rotatable bonds is 4. The third-order valence-corrected chi connectivity index (χ3v) is 4.05. The number of benzene rings is 1. The number of amides is 1. The van der Waals surface area contributed by atoms with E-state index in [0.717, 1.165) is 5.56 Å². The van der Waals surface area contributed by atoms with Gasteiger partial charge in [0.25, 0.3) is 5.91 Å². The second-order valence-electron chi connectivity index (χ2n) is 4.23. The summed E-state index contributed by atoms with van der Waals surface area (Å²) in [5, 5.41) is 7.89. The van der Waals surface area contributed by atoms with Crippen LogP contribution in [0.1, 0.15) is 21.6 Å². The molecule has 0 saturated carbocycles. The topological polar surface area (TPSA) is 99.8 Å². The van der Waals surface area contributed by atoms with Crippen molar-refractivity contribution in [2.24, 2.45) is 5.73 Å². The van der Waals surface area contributed by atoms with E-state index < -0.39 is 5.91 Å². The number of nitrogens with zero attached hydrogens (tertiary/aromatic N) is 3. The van der Waals surface area contributed by atoms with Gasteiger partial charge in [-0.15, -0.1) is 5.10 Å². The number of aromatic nitrogens is 3. The van der Waals surface area contributed by atoms with E-state index in [9.17, 15) is 4.79 Å². The quantitative estimate of drug-likeness (QED) is 0.851. The Hall–Kier alpha value is -1.47. The van der Waals surface area contributed by atoms with Crippen LogP contribution in [0, 0.1) is 0 Å². The number of nitrogen functional groups attached to an aromatic ring is 1. The molecule has 1 aromatic carbocycles.